The first kappa shape index (κ1) is 15.9. The van der Waals surface area contributed by atoms with Crippen molar-refractivity contribution in [3.05, 3.63) is 0 Å². The highest BCUT2D eigenvalue weighted by atomic mass is 32.2. The van der Waals surface area contributed by atoms with Gasteiger partial charge in [0.05, 0.1) is 5.75 Å². The molecule has 0 radical (unpaired) electrons. The van der Waals surface area contributed by atoms with Gasteiger partial charge in [0.2, 0.25) is 0 Å². The molecule has 4 nitrogen and oxygen atoms in total. The van der Waals surface area contributed by atoms with E-state index in [1.165, 1.54) is 0 Å². The molecule has 0 heterocycles. The molecular weight excluding hydrogens is 224 g/mol. The molecule has 5 heteroatoms. The van der Waals surface area contributed by atoms with Gasteiger partial charge in [0.1, 0.15) is 0 Å². The molecular formula is C11H26N2O2S. The Kier molecular flexibility index (Phi) is 7.97. The van der Waals surface area contributed by atoms with E-state index in [2.05, 4.69) is 18.7 Å². The highest BCUT2D eigenvalue weighted by Crippen LogP contribution is 2.08. The zero-order chi connectivity index (χ0) is 12.6. The molecule has 0 aliphatic heterocycles. The Morgan fingerprint density at radius 2 is 1.69 bits per heavy atom. The Hall–Kier alpha value is -0.130. The van der Waals surface area contributed by atoms with Gasteiger partial charge in [-0.05, 0) is 12.8 Å². The van der Waals surface area contributed by atoms with E-state index in [0.717, 1.165) is 19.4 Å². The van der Waals surface area contributed by atoms with Crippen molar-refractivity contribution in [2.75, 3.05) is 31.1 Å². The summed E-state index contributed by atoms with van der Waals surface area (Å²) in [7, 11) is -2.87. The summed E-state index contributed by atoms with van der Waals surface area (Å²) >= 11 is 0. The summed E-state index contributed by atoms with van der Waals surface area (Å²) in [6.07, 6.45) is 2.09. The minimum Gasteiger partial charge on any atom is -0.329 e. The Bertz CT molecular complexity index is 261. The smallest absolute Gasteiger partial charge is 0.151 e. The van der Waals surface area contributed by atoms with Crippen LogP contribution in [-0.2, 0) is 9.84 Å². The Balaban J connectivity index is 4.33. The molecule has 0 aromatic heterocycles. The predicted molar refractivity (Wildman–Crippen MR) is 69.3 cm³/mol. The minimum atomic E-state index is -2.87. The number of hydrogen-bond donors (Lipinski definition) is 1. The highest BCUT2D eigenvalue weighted by molar-refractivity contribution is 7.91. The van der Waals surface area contributed by atoms with Gasteiger partial charge in [-0.2, -0.15) is 0 Å². The molecule has 0 aromatic carbocycles. The molecule has 98 valence electrons. The van der Waals surface area contributed by atoms with Crippen LogP contribution in [0.5, 0.6) is 0 Å². The van der Waals surface area contributed by atoms with E-state index in [0.29, 0.717) is 19.1 Å². The van der Waals surface area contributed by atoms with Crippen molar-refractivity contribution >= 4 is 9.84 Å². The van der Waals surface area contributed by atoms with Crippen molar-refractivity contribution in [3.63, 3.8) is 0 Å². The van der Waals surface area contributed by atoms with Crippen LogP contribution in [0.4, 0.5) is 0 Å². The predicted octanol–water partition coefficient (Wildman–Crippen LogP) is 0.870. The average Bonchev–Trinajstić information content (AvgIpc) is 2.27. The molecule has 0 unspecified atom stereocenters. The van der Waals surface area contributed by atoms with Crippen molar-refractivity contribution < 1.29 is 8.42 Å². The second kappa shape index (κ2) is 8.03. The maximum absolute atomic E-state index is 11.4. The van der Waals surface area contributed by atoms with Gasteiger partial charge in [0, 0.05) is 31.4 Å². The zero-order valence-electron chi connectivity index (χ0n) is 10.8. The van der Waals surface area contributed by atoms with E-state index in [9.17, 15) is 8.42 Å². The third-order valence-corrected chi connectivity index (χ3v) is 4.69. The molecule has 0 rings (SSSR count). The van der Waals surface area contributed by atoms with Crippen LogP contribution in [-0.4, -0.2) is 50.5 Å². The lowest BCUT2D eigenvalue weighted by molar-refractivity contribution is 0.202. The van der Waals surface area contributed by atoms with E-state index >= 15 is 0 Å². The third-order valence-electron chi connectivity index (χ3n) is 3.00. The number of sulfone groups is 1. The molecule has 0 saturated carbocycles. The van der Waals surface area contributed by atoms with Gasteiger partial charge in [-0.25, -0.2) is 8.42 Å². The lowest BCUT2D eigenvalue weighted by Gasteiger charge is -2.29. The molecule has 0 aliphatic rings. The van der Waals surface area contributed by atoms with Crippen molar-refractivity contribution in [2.45, 2.75) is 39.7 Å². The lowest BCUT2D eigenvalue weighted by atomic mass is 10.1. The SMILES string of the molecule is CCC(CC)N(CCN)CCS(=O)(=O)CC. The number of rotatable bonds is 9. The summed E-state index contributed by atoms with van der Waals surface area (Å²) in [6.45, 7) is 7.94. The summed E-state index contributed by atoms with van der Waals surface area (Å²) < 4.78 is 22.9. The normalized spacial score (nSPS) is 12.6. The first-order valence-electron chi connectivity index (χ1n) is 6.15. The summed E-state index contributed by atoms with van der Waals surface area (Å²) in [5.41, 5.74) is 5.56. The molecule has 0 bridgehead atoms. The Morgan fingerprint density at radius 1 is 1.12 bits per heavy atom. The van der Waals surface area contributed by atoms with E-state index in [1.54, 1.807) is 6.92 Å². The summed E-state index contributed by atoms with van der Waals surface area (Å²) in [6, 6.07) is 0.454. The second-order valence-electron chi connectivity index (χ2n) is 4.03. The maximum atomic E-state index is 11.4. The summed E-state index contributed by atoms with van der Waals surface area (Å²) in [4.78, 5) is 2.20. The van der Waals surface area contributed by atoms with Crippen LogP contribution in [0.2, 0.25) is 0 Å². The Morgan fingerprint density at radius 3 is 2.06 bits per heavy atom. The van der Waals surface area contributed by atoms with Crippen LogP contribution in [0, 0.1) is 0 Å². The summed E-state index contributed by atoms with van der Waals surface area (Å²) in [5, 5.41) is 0. The first-order chi connectivity index (χ1) is 7.50. The fourth-order valence-electron chi connectivity index (χ4n) is 1.85. The van der Waals surface area contributed by atoms with Gasteiger partial charge in [-0.1, -0.05) is 20.8 Å². The highest BCUT2D eigenvalue weighted by Gasteiger charge is 2.17. The minimum absolute atomic E-state index is 0.229. The van der Waals surface area contributed by atoms with Gasteiger partial charge >= 0.3 is 0 Å². The van der Waals surface area contributed by atoms with Gasteiger partial charge in [-0.15, -0.1) is 0 Å². The average molecular weight is 250 g/mol. The zero-order valence-corrected chi connectivity index (χ0v) is 11.6. The number of nitrogens with two attached hydrogens (primary N) is 1. The molecule has 0 amide bonds. The van der Waals surface area contributed by atoms with E-state index in [4.69, 9.17) is 5.73 Å². The van der Waals surface area contributed by atoms with Crippen LogP contribution in [0.1, 0.15) is 33.6 Å². The van der Waals surface area contributed by atoms with E-state index in [1.807, 2.05) is 0 Å². The van der Waals surface area contributed by atoms with Crippen LogP contribution >= 0.6 is 0 Å². The van der Waals surface area contributed by atoms with Crippen molar-refractivity contribution in [1.82, 2.24) is 4.90 Å². The van der Waals surface area contributed by atoms with Gasteiger partial charge in [0.25, 0.3) is 0 Å². The second-order valence-corrected chi connectivity index (χ2v) is 6.50. The van der Waals surface area contributed by atoms with Crippen LogP contribution in [0.15, 0.2) is 0 Å². The molecule has 0 fully saturated rings. The topological polar surface area (TPSA) is 63.4 Å². The van der Waals surface area contributed by atoms with Crippen LogP contribution in [0.25, 0.3) is 0 Å². The number of nitrogens with zero attached hydrogens (tertiary/aromatic N) is 1. The Labute approximate surface area is 100 Å². The molecule has 2 N–H and O–H groups in total. The fourth-order valence-corrected chi connectivity index (χ4v) is 2.65. The first-order valence-corrected chi connectivity index (χ1v) is 7.97. The third kappa shape index (κ3) is 5.82. The fraction of sp³-hybridized carbons (Fsp3) is 1.00. The monoisotopic (exact) mass is 250 g/mol. The molecule has 0 saturated heterocycles. The van der Waals surface area contributed by atoms with Gasteiger partial charge in [-0.3, -0.25) is 4.90 Å². The largest absolute Gasteiger partial charge is 0.329 e. The van der Waals surface area contributed by atoms with E-state index in [-0.39, 0.29) is 11.5 Å². The van der Waals surface area contributed by atoms with Crippen molar-refractivity contribution in [1.29, 1.82) is 0 Å². The van der Waals surface area contributed by atoms with Crippen molar-refractivity contribution in [3.8, 4) is 0 Å². The molecule has 0 aliphatic carbocycles. The van der Waals surface area contributed by atoms with Crippen LogP contribution in [0.3, 0.4) is 0 Å². The molecule has 0 atom stereocenters. The van der Waals surface area contributed by atoms with Crippen LogP contribution < -0.4 is 5.73 Å². The standard InChI is InChI=1S/C11H26N2O2S/c1-4-11(5-2)13(8-7-12)9-10-16(14,15)6-3/h11H,4-10,12H2,1-3H3. The molecule has 16 heavy (non-hydrogen) atoms. The summed E-state index contributed by atoms with van der Waals surface area (Å²) in [5.74, 6) is 0.479. The lowest BCUT2D eigenvalue weighted by Crippen LogP contribution is -2.41. The molecule has 0 aromatic rings. The maximum Gasteiger partial charge on any atom is 0.151 e. The molecule has 0 spiro atoms. The van der Waals surface area contributed by atoms with E-state index < -0.39 is 9.84 Å². The van der Waals surface area contributed by atoms with Gasteiger partial charge in [0.15, 0.2) is 9.84 Å². The quantitative estimate of drug-likeness (QED) is 0.659. The van der Waals surface area contributed by atoms with Crippen molar-refractivity contribution in [2.24, 2.45) is 5.73 Å². The number of hydrogen-bond acceptors (Lipinski definition) is 4. The van der Waals surface area contributed by atoms with Gasteiger partial charge < -0.3 is 5.73 Å².